The van der Waals surface area contributed by atoms with Gasteiger partial charge in [-0.2, -0.15) is 13.2 Å². The molecule has 2 heterocycles. The van der Waals surface area contributed by atoms with E-state index in [1.807, 2.05) is 0 Å². The number of imide groups is 1. The molecule has 128 valence electrons. The van der Waals surface area contributed by atoms with Gasteiger partial charge in [-0.15, -0.1) is 0 Å². The number of alkyl halides is 3. The molecule has 25 heavy (non-hydrogen) atoms. The molecule has 3 amide bonds. The van der Waals surface area contributed by atoms with Crippen molar-refractivity contribution in [2.75, 3.05) is 4.90 Å². The molecule has 2 aromatic rings. The van der Waals surface area contributed by atoms with Crippen LogP contribution in [0.3, 0.4) is 0 Å². The largest absolute Gasteiger partial charge is 0.416 e. The van der Waals surface area contributed by atoms with Crippen LogP contribution < -0.4 is 10.2 Å². The lowest BCUT2D eigenvalue weighted by Crippen LogP contribution is -2.53. The van der Waals surface area contributed by atoms with Gasteiger partial charge in [-0.1, -0.05) is 12.1 Å². The summed E-state index contributed by atoms with van der Waals surface area (Å²) in [6.45, 7) is 0. The van der Waals surface area contributed by atoms with E-state index in [9.17, 15) is 27.6 Å². The number of hydrogen-bond donors (Lipinski definition) is 1. The van der Waals surface area contributed by atoms with Crippen LogP contribution in [0.1, 0.15) is 28.8 Å². The second-order valence-corrected chi connectivity index (χ2v) is 6.04. The Labute approximate surface area is 139 Å². The number of amides is 3. The van der Waals surface area contributed by atoms with Crippen molar-refractivity contribution in [1.29, 1.82) is 0 Å². The predicted octanol–water partition coefficient (Wildman–Crippen LogP) is 2.62. The monoisotopic (exact) mass is 348 g/mol. The lowest BCUT2D eigenvalue weighted by molar-refractivity contribution is -0.137. The fourth-order valence-corrected chi connectivity index (χ4v) is 3.42. The summed E-state index contributed by atoms with van der Waals surface area (Å²) in [5.74, 6) is -1.71. The molecule has 1 unspecified atom stereocenters. The molecule has 0 saturated carbocycles. The molecule has 0 aromatic heterocycles. The van der Waals surface area contributed by atoms with Crippen molar-refractivity contribution < 1.29 is 27.6 Å². The Hall–Kier alpha value is -2.90. The standard InChI is InChI=1S/C17H11F3N2O3/c18-17(19,20)9-6-8-2-1-3-11-14(8)10(7-9)16(25)22(11)12-4-5-13(23)21-15(12)24/h1-3,6-7,12H,4-5H2,(H,21,23,24). The Morgan fingerprint density at radius 3 is 2.56 bits per heavy atom. The van der Waals surface area contributed by atoms with Gasteiger partial charge in [-0.3, -0.25) is 24.6 Å². The average molecular weight is 348 g/mol. The second kappa shape index (κ2) is 5.05. The lowest BCUT2D eigenvalue weighted by Gasteiger charge is -2.30. The number of benzene rings is 2. The number of anilines is 1. The third-order valence-electron chi connectivity index (χ3n) is 4.51. The van der Waals surface area contributed by atoms with Gasteiger partial charge in [0, 0.05) is 11.8 Å². The Morgan fingerprint density at radius 2 is 1.88 bits per heavy atom. The van der Waals surface area contributed by atoms with Crippen LogP contribution in [0.15, 0.2) is 30.3 Å². The van der Waals surface area contributed by atoms with Crippen molar-refractivity contribution in [2.24, 2.45) is 0 Å². The summed E-state index contributed by atoms with van der Waals surface area (Å²) in [5, 5.41) is 2.85. The van der Waals surface area contributed by atoms with Crippen molar-refractivity contribution in [3.8, 4) is 0 Å². The molecule has 2 aliphatic rings. The van der Waals surface area contributed by atoms with Crippen molar-refractivity contribution in [2.45, 2.75) is 25.1 Å². The van der Waals surface area contributed by atoms with Crippen molar-refractivity contribution >= 4 is 34.2 Å². The molecule has 4 rings (SSSR count). The van der Waals surface area contributed by atoms with Gasteiger partial charge in [0.2, 0.25) is 11.8 Å². The quantitative estimate of drug-likeness (QED) is 0.806. The van der Waals surface area contributed by atoms with Gasteiger partial charge in [-0.25, -0.2) is 0 Å². The van der Waals surface area contributed by atoms with E-state index >= 15 is 0 Å². The molecule has 1 atom stereocenters. The number of carbonyl (C=O) groups is 3. The van der Waals surface area contributed by atoms with Gasteiger partial charge in [0.15, 0.2) is 0 Å². The average Bonchev–Trinajstić information content (AvgIpc) is 2.81. The van der Waals surface area contributed by atoms with Crippen LogP contribution >= 0.6 is 0 Å². The molecular formula is C17H11F3N2O3. The lowest BCUT2D eigenvalue weighted by atomic mass is 10.0. The minimum Gasteiger partial charge on any atom is -0.295 e. The van der Waals surface area contributed by atoms with E-state index in [-0.39, 0.29) is 23.8 Å². The molecule has 1 N–H and O–H groups in total. The van der Waals surface area contributed by atoms with Crippen molar-refractivity contribution in [3.05, 3.63) is 41.5 Å². The van der Waals surface area contributed by atoms with Crippen LogP contribution in [-0.2, 0) is 15.8 Å². The van der Waals surface area contributed by atoms with Crippen LogP contribution in [0.2, 0.25) is 0 Å². The third kappa shape index (κ3) is 2.28. The van der Waals surface area contributed by atoms with E-state index in [1.54, 1.807) is 12.1 Å². The Kier molecular flexibility index (Phi) is 3.15. The topological polar surface area (TPSA) is 66.5 Å². The van der Waals surface area contributed by atoms with Crippen LogP contribution in [0.25, 0.3) is 10.8 Å². The predicted molar refractivity (Wildman–Crippen MR) is 81.9 cm³/mol. The summed E-state index contributed by atoms with van der Waals surface area (Å²) in [6, 6.07) is 5.52. The molecule has 2 aromatic carbocycles. The molecule has 8 heteroatoms. The molecule has 0 bridgehead atoms. The smallest absolute Gasteiger partial charge is 0.295 e. The summed E-state index contributed by atoms with van der Waals surface area (Å²) >= 11 is 0. The first-order valence-corrected chi connectivity index (χ1v) is 7.58. The summed E-state index contributed by atoms with van der Waals surface area (Å²) in [7, 11) is 0. The highest BCUT2D eigenvalue weighted by atomic mass is 19.4. The van der Waals surface area contributed by atoms with Crippen LogP contribution in [0.5, 0.6) is 0 Å². The minimum absolute atomic E-state index is 0.0698. The van der Waals surface area contributed by atoms with E-state index in [2.05, 4.69) is 5.32 Å². The number of halogens is 3. The summed E-state index contributed by atoms with van der Waals surface area (Å²) in [5.41, 5.74) is -0.600. The van der Waals surface area contributed by atoms with E-state index in [0.717, 1.165) is 12.1 Å². The normalized spacial score (nSPS) is 20.4. The zero-order valence-corrected chi connectivity index (χ0v) is 12.7. The third-order valence-corrected chi connectivity index (χ3v) is 4.51. The van der Waals surface area contributed by atoms with E-state index in [1.165, 1.54) is 11.0 Å². The highest BCUT2D eigenvalue weighted by Crippen LogP contribution is 2.42. The maximum Gasteiger partial charge on any atom is 0.416 e. The van der Waals surface area contributed by atoms with E-state index in [0.29, 0.717) is 11.1 Å². The zero-order valence-electron chi connectivity index (χ0n) is 12.7. The van der Waals surface area contributed by atoms with Crippen molar-refractivity contribution in [3.63, 3.8) is 0 Å². The summed E-state index contributed by atoms with van der Waals surface area (Å²) in [4.78, 5) is 37.4. The molecule has 0 spiro atoms. The number of nitrogens with zero attached hydrogens (tertiary/aromatic N) is 1. The molecule has 5 nitrogen and oxygen atoms in total. The molecule has 0 aliphatic carbocycles. The molecule has 1 saturated heterocycles. The van der Waals surface area contributed by atoms with E-state index in [4.69, 9.17) is 0 Å². The van der Waals surface area contributed by atoms with Gasteiger partial charge in [0.1, 0.15) is 6.04 Å². The minimum atomic E-state index is -4.58. The van der Waals surface area contributed by atoms with Gasteiger partial charge in [0.25, 0.3) is 5.91 Å². The fraction of sp³-hybridized carbons (Fsp3) is 0.235. The van der Waals surface area contributed by atoms with Crippen LogP contribution in [0, 0.1) is 0 Å². The SMILES string of the molecule is O=C1CCC(N2C(=O)c3cc(C(F)(F)F)cc4cccc2c34)C(=O)N1. The maximum absolute atomic E-state index is 13.1. The Balaban J connectivity index is 1.87. The van der Waals surface area contributed by atoms with Gasteiger partial charge >= 0.3 is 6.18 Å². The van der Waals surface area contributed by atoms with Gasteiger partial charge in [-0.05, 0) is 30.0 Å². The van der Waals surface area contributed by atoms with Gasteiger partial charge in [0.05, 0.1) is 16.8 Å². The van der Waals surface area contributed by atoms with Crippen molar-refractivity contribution in [1.82, 2.24) is 5.32 Å². The first-order valence-electron chi connectivity index (χ1n) is 7.58. The number of nitrogens with one attached hydrogen (secondary N) is 1. The molecular weight excluding hydrogens is 337 g/mol. The highest BCUT2D eigenvalue weighted by molar-refractivity contribution is 6.27. The number of piperidine rings is 1. The second-order valence-electron chi connectivity index (χ2n) is 6.04. The fourth-order valence-electron chi connectivity index (χ4n) is 3.42. The number of carbonyl (C=O) groups excluding carboxylic acids is 3. The molecule has 2 aliphatic heterocycles. The first-order chi connectivity index (χ1) is 11.8. The summed E-state index contributed by atoms with van der Waals surface area (Å²) in [6.07, 6.45) is -4.38. The highest BCUT2D eigenvalue weighted by Gasteiger charge is 2.42. The Bertz CT molecular complexity index is 952. The Morgan fingerprint density at radius 1 is 1.12 bits per heavy atom. The zero-order chi connectivity index (χ0) is 17.9. The molecule has 0 radical (unpaired) electrons. The molecule has 1 fully saturated rings. The summed E-state index contributed by atoms with van der Waals surface area (Å²) < 4.78 is 39.3. The van der Waals surface area contributed by atoms with E-state index < -0.39 is 35.5 Å². The number of rotatable bonds is 1. The maximum atomic E-state index is 13.1. The number of hydrogen-bond acceptors (Lipinski definition) is 3. The first kappa shape index (κ1) is 15.6. The van der Waals surface area contributed by atoms with Gasteiger partial charge < -0.3 is 0 Å². The van der Waals surface area contributed by atoms with Crippen LogP contribution in [0.4, 0.5) is 18.9 Å². The van der Waals surface area contributed by atoms with Crippen LogP contribution in [-0.4, -0.2) is 23.8 Å².